The Labute approximate surface area is 155 Å². The highest BCUT2D eigenvalue weighted by atomic mass is 16.5. The highest BCUT2D eigenvalue weighted by Gasteiger charge is 2.29. The number of esters is 2. The number of carbonyl (C=O) groups is 3. The van der Waals surface area contributed by atoms with E-state index in [9.17, 15) is 14.4 Å². The van der Waals surface area contributed by atoms with Crippen molar-refractivity contribution in [3.05, 3.63) is 59.5 Å². The quantitative estimate of drug-likeness (QED) is 0.753. The number of hydrogen-bond acceptors (Lipinski definition) is 7. The lowest BCUT2D eigenvalue weighted by Crippen LogP contribution is -2.27. The molecule has 27 heavy (non-hydrogen) atoms. The van der Waals surface area contributed by atoms with Crippen LogP contribution in [0.2, 0.25) is 0 Å². The van der Waals surface area contributed by atoms with Crippen LogP contribution in [0.4, 0.5) is 5.69 Å². The Hall–Kier alpha value is -3.55. The molecule has 0 saturated heterocycles. The highest BCUT2D eigenvalue weighted by molar-refractivity contribution is 6.05. The molecule has 0 amide bonds. The van der Waals surface area contributed by atoms with Crippen molar-refractivity contribution < 1.29 is 33.7 Å². The smallest absolute Gasteiger partial charge is 0.355 e. The van der Waals surface area contributed by atoms with Gasteiger partial charge in [0.05, 0.1) is 39.0 Å². The van der Waals surface area contributed by atoms with E-state index < -0.39 is 17.9 Å². The number of hydrogen-bond donors (Lipinski definition) is 1. The Morgan fingerprint density at radius 1 is 1.04 bits per heavy atom. The minimum absolute atomic E-state index is 0.0139. The number of benzene rings is 1. The second kappa shape index (κ2) is 8.70. The van der Waals surface area contributed by atoms with Gasteiger partial charge in [0.25, 0.3) is 0 Å². The first-order valence-corrected chi connectivity index (χ1v) is 7.86. The molecule has 1 heterocycles. The second-order valence-corrected chi connectivity index (χ2v) is 5.39. The number of allylic oxidation sites excluding steroid dienone is 2. The summed E-state index contributed by atoms with van der Waals surface area (Å²) in [6.45, 7) is 0. The third kappa shape index (κ3) is 4.35. The van der Waals surface area contributed by atoms with Crippen LogP contribution in [-0.2, 0) is 30.3 Å². The van der Waals surface area contributed by atoms with Gasteiger partial charge in [-0.3, -0.25) is 4.79 Å². The molecule has 1 aromatic carbocycles. The van der Waals surface area contributed by atoms with Gasteiger partial charge >= 0.3 is 17.9 Å². The van der Waals surface area contributed by atoms with E-state index >= 15 is 0 Å². The highest BCUT2D eigenvalue weighted by Crippen LogP contribution is 2.35. The zero-order chi connectivity index (χ0) is 20.0. The number of methoxy groups -OCH3 is 3. The third-order valence-corrected chi connectivity index (χ3v) is 3.75. The van der Waals surface area contributed by atoms with E-state index in [0.29, 0.717) is 17.0 Å². The number of ether oxygens (including phenoxy) is 3. The average molecular weight is 373 g/mol. The minimum atomic E-state index is -1.00. The predicted molar refractivity (Wildman–Crippen MR) is 96.2 cm³/mol. The molecule has 0 unspecified atom stereocenters. The summed E-state index contributed by atoms with van der Waals surface area (Å²) in [6, 6.07) is 4.77. The third-order valence-electron chi connectivity index (χ3n) is 3.75. The lowest BCUT2D eigenvalue weighted by Gasteiger charge is -2.25. The van der Waals surface area contributed by atoms with Gasteiger partial charge in [-0.15, -0.1) is 0 Å². The van der Waals surface area contributed by atoms with E-state index in [-0.39, 0.29) is 17.7 Å². The molecule has 0 fully saturated rings. The molecule has 1 aromatic rings. The first kappa shape index (κ1) is 19.8. The van der Waals surface area contributed by atoms with Crippen molar-refractivity contribution in [1.82, 2.24) is 0 Å². The minimum Gasteiger partial charge on any atom is -0.495 e. The summed E-state index contributed by atoms with van der Waals surface area (Å²) in [4.78, 5) is 37.1. The molecule has 0 radical (unpaired) electrons. The van der Waals surface area contributed by atoms with Gasteiger partial charge in [-0.25, -0.2) is 9.59 Å². The molecule has 0 spiro atoms. The number of carboxylic acids is 1. The largest absolute Gasteiger partial charge is 0.495 e. The summed E-state index contributed by atoms with van der Waals surface area (Å²) >= 11 is 0. The van der Waals surface area contributed by atoms with Crippen molar-refractivity contribution in [3.8, 4) is 5.75 Å². The van der Waals surface area contributed by atoms with Crippen LogP contribution in [0.25, 0.3) is 0 Å². The van der Waals surface area contributed by atoms with Crippen LogP contribution in [0.1, 0.15) is 5.56 Å². The van der Waals surface area contributed by atoms with Crippen LogP contribution in [0.15, 0.2) is 53.9 Å². The van der Waals surface area contributed by atoms with Crippen molar-refractivity contribution in [2.24, 2.45) is 0 Å². The Balaban J connectivity index is 2.71. The molecule has 8 nitrogen and oxygen atoms in total. The molecule has 142 valence electrons. The molecule has 1 N–H and O–H groups in total. The van der Waals surface area contributed by atoms with Gasteiger partial charge in [0.1, 0.15) is 11.4 Å². The summed E-state index contributed by atoms with van der Waals surface area (Å²) in [6.07, 6.45) is 5.95. The molecule has 0 saturated carbocycles. The van der Waals surface area contributed by atoms with Crippen molar-refractivity contribution in [2.75, 3.05) is 26.2 Å². The molecule has 2 rings (SSSR count). The summed E-state index contributed by atoms with van der Waals surface area (Å²) in [5.41, 5.74) is 0.769. The number of aliphatic carboxylic acids is 1. The second-order valence-electron chi connectivity index (χ2n) is 5.39. The fourth-order valence-electron chi connectivity index (χ4n) is 2.56. The van der Waals surface area contributed by atoms with E-state index in [1.165, 1.54) is 32.3 Å². The number of carboxylic acid groups (broad SMARTS) is 1. The van der Waals surface area contributed by atoms with Crippen molar-refractivity contribution in [2.45, 2.75) is 6.42 Å². The van der Waals surface area contributed by atoms with Gasteiger partial charge in [-0.2, -0.15) is 0 Å². The van der Waals surface area contributed by atoms with E-state index in [4.69, 9.17) is 19.3 Å². The average Bonchev–Trinajstić information content (AvgIpc) is 2.89. The van der Waals surface area contributed by atoms with Crippen LogP contribution >= 0.6 is 0 Å². The lowest BCUT2D eigenvalue weighted by atomic mass is 10.1. The van der Waals surface area contributed by atoms with Crippen LogP contribution in [-0.4, -0.2) is 44.3 Å². The van der Waals surface area contributed by atoms with Gasteiger partial charge in [0, 0.05) is 6.20 Å². The standard InChI is InChI=1S/C19H19NO7/c1-25-15-8-7-12(11-16(21)22)10-14(15)20-9-5-4-6-13(18(23)26-2)17(20)19(24)27-3/h4-10H,11H2,1-3H3,(H,21,22). The Bertz CT molecular complexity index is 852. The lowest BCUT2D eigenvalue weighted by molar-refractivity contribution is -0.139. The van der Waals surface area contributed by atoms with Crippen LogP contribution in [0.3, 0.4) is 0 Å². The number of anilines is 1. The van der Waals surface area contributed by atoms with Crippen molar-refractivity contribution >= 4 is 23.6 Å². The normalized spacial score (nSPS) is 13.2. The first-order chi connectivity index (χ1) is 12.9. The topological polar surface area (TPSA) is 102 Å². The molecule has 0 aliphatic carbocycles. The number of carbonyl (C=O) groups excluding carboxylic acids is 2. The predicted octanol–water partition coefficient (Wildman–Crippen LogP) is 1.81. The number of rotatable bonds is 6. The fourth-order valence-corrected chi connectivity index (χ4v) is 2.56. The van der Waals surface area contributed by atoms with Crippen molar-refractivity contribution in [1.29, 1.82) is 0 Å². The van der Waals surface area contributed by atoms with Crippen LogP contribution in [0.5, 0.6) is 5.75 Å². The monoisotopic (exact) mass is 373 g/mol. The Kier molecular flexibility index (Phi) is 6.37. The summed E-state index contributed by atoms with van der Waals surface area (Å²) in [7, 11) is 3.84. The van der Waals surface area contributed by atoms with Crippen LogP contribution in [0, 0.1) is 0 Å². The van der Waals surface area contributed by atoms with Gasteiger partial charge < -0.3 is 24.2 Å². The maximum atomic E-state index is 12.5. The molecule has 8 heteroatoms. The summed E-state index contributed by atoms with van der Waals surface area (Å²) in [5, 5.41) is 9.05. The van der Waals surface area contributed by atoms with Crippen LogP contribution < -0.4 is 9.64 Å². The Morgan fingerprint density at radius 3 is 2.33 bits per heavy atom. The summed E-state index contributed by atoms with van der Waals surface area (Å²) < 4.78 is 15.0. The van der Waals surface area contributed by atoms with Gasteiger partial charge in [0.15, 0.2) is 0 Å². The summed E-state index contributed by atoms with van der Waals surface area (Å²) in [5.74, 6) is -2.11. The molecule has 0 atom stereocenters. The maximum Gasteiger partial charge on any atom is 0.355 e. The van der Waals surface area contributed by atoms with Crippen molar-refractivity contribution in [3.63, 3.8) is 0 Å². The molecular weight excluding hydrogens is 354 g/mol. The molecule has 1 aliphatic heterocycles. The molecule has 0 bridgehead atoms. The van der Waals surface area contributed by atoms with E-state index in [1.54, 1.807) is 36.6 Å². The number of nitrogens with zero attached hydrogens (tertiary/aromatic N) is 1. The maximum absolute atomic E-state index is 12.5. The fraction of sp³-hybridized carbons (Fsp3) is 0.211. The van der Waals surface area contributed by atoms with E-state index in [2.05, 4.69) is 0 Å². The molecule has 0 aromatic heterocycles. The zero-order valence-corrected chi connectivity index (χ0v) is 15.1. The van der Waals surface area contributed by atoms with Gasteiger partial charge in [-0.05, 0) is 29.8 Å². The van der Waals surface area contributed by atoms with E-state index in [1.807, 2.05) is 0 Å². The molecule has 1 aliphatic rings. The SMILES string of the molecule is COC(=O)C1=C(C(=O)OC)N(c2cc(CC(=O)O)ccc2OC)C=CC=C1. The first-order valence-electron chi connectivity index (χ1n) is 7.86. The Morgan fingerprint density at radius 2 is 1.74 bits per heavy atom. The molecular formula is C19H19NO7. The van der Waals surface area contributed by atoms with Gasteiger partial charge in [0.2, 0.25) is 0 Å². The van der Waals surface area contributed by atoms with E-state index in [0.717, 1.165) is 0 Å². The zero-order valence-electron chi connectivity index (χ0n) is 15.1. The van der Waals surface area contributed by atoms with Gasteiger partial charge in [-0.1, -0.05) is 12.1 Å².